The standard InChI is InChI=1S/C17H23FN4O2/c1-4-17(24,5-2)11-19-16(23)20-15-10-12(3)22(21-15)14-8-6-13(18)7-9-14/h6-10,24H,4-5,11H2,1-3H3,(H2,19,20,21,23). The van der Waals surface area contributed by atoms with Crippen molar-refractivity contribution in [3.63, 3.8) is 0 Å². The van der Waals surface area contributed by atoms with Gasteiger partial charge in [0.05, 0.1) is 11.3 Å². The topological polar surface area (TPSA) is 79.2 Å². The summed E-state index contributed by atoms with van der Waals surface area (Å²) in [5.74, 6) is 0.0616. The van der Waals surface area contributed by atoms with E-state index in [-0.39, 0.29) is 12.4 Å². The number of hydrogen-bond donors (Lipinski definition) is 3. The Hall–Kier alpha value is -2.41. The van der Waals surface area contributed by atoms with Crippen LogP contribution in [-0.2, 0) is 0 Å². The zero-order chi connectivity index (χ0) is 17.7. The van der Waals surface area contributed by atoms with E-state index in [1.807, 2.05) is 20.8 Å². The Morgan fingerprint density at radius 2 is 1.92 bits per heavy atom. The van der Waals surface area contributed by atoms with Crippen LogP contribution in [0.5, 0.6) is 0 Å². The summed E-state index contributed by atoms with van der Waals surface area (Å²) in [6.45, 7) is 5.75. The number of aromatic nitrogens is 2. The van der Waals surface area contributed by atoms with Crippen molar-refractivity contribution >= 4 is 11.8 Å². The number of halogens is 1. The number of aryl methyl sites for hydroxylation is 1. The fourth-order valence-corrected chi connectivity index (χ4v) is 2.28. The molecule has 1 heterocycles. The third kappa shape index (κ3) is 4.32. The van der Waals surface area contributed by atoms with Crippen molar-refractivity contribution in [2.24, 2.45) is 0 Å². The summed E-state index contributed by atoms with van der Waals surface area (Å²) in [5.41, 5.74) is 0.602. The van der Waals surface area contributed by atoms with Crippen molar-refractivity contribution in [1.82, 2.24) is 15.1 Å². The van der Waals surface area contributed by atoms with E-state index in [0.717, 1.165) is 5.69 Å². The van der Waals surface area contributed by atoms with Gasteiger partial charge in [-0.05, 0) is 44.0 Å². The lowest BCUT2D eigenvalue weighted by Crippen LogP contribution is -2.43. The molecule has 0 atom stereocenters. The Labute approximate surface area is 140 Å². The Morgan fingerprint density at radius 3 is 2.50 bits per heavy atom. The van der Waals surface area contributed by atoms with Crippen LogP contribution in [0.3, 0.4) is 0 Å². The highest BCUT2D eigenvalue weighted by molar-refractivity contribution is 5.88. The SMILES string of the molecule is CCC(O)(CC)CNC(=O)Nc1cc(C)n(-c2ccc(F)cc2)n1. The number of rotatable bonds is 6. The smallest absolute Gasteiger partial charge is 0.320 e. The second-order valence-corrected chi connectivity index (χ2v) is 5.80. The Morgan fingerprint density at radius 1 is 1.29 bits per heavy atom. The summed E-state index contributed by atoms with van der Waals surface area (Å²) in [7, 11) is 0. The molecule has 0 aliphatic carbocycles. The number of nitrogens with one attached hydrogen (secondary N) is 2. The third-order valence-corrected chi connectivity index (χ3v) is 4.09. The minimum atomic E-state index is -0.902. The number of carbonyl (C=O) groups is 1. The molecule has 0 spiro atoms. The molecule has 2 amide bonds. The number of anilines is 1. The summed E-state index contributed by atoms with van der Waals surface area (Å²) in [6.07, 6.45) is 1.12. The van der Waals surface area contributed by atoms with Crippen molar-refractivity contribution in [3.05, 3.63) is 41.8 Å². The second-order valence-electron chi connectivity index (χ2n) is 5.80. The van der Waals surface area contributed by atoms with Crippen LogP contribution >= 0.6 is 0 Å². The molecule has 24 heavy (non-hydrogen) atoms. The molecule has 6 nitrogen and oxygen atoms in total. The molecule has 0 fully saturated rings. The van der Waals surface area contributed by atoms with Crippen molar-refractivity contribution in [2.75, 3.05) is 11.9 Å². The monoisotopic (exact) mass is 334 g/mol. The summed E-state index contributed by atoms with van der Waals surface area (Å²) in [4.78, 5) is 12.0. The number of benzene rings is 1. The van der Waals surface area contributed by atoms with E-state index in [4.69, 9.17) is 0 Å². The number of carbonyl (C=O) groups excluding carboxylic acids is 1. The van der Waals surface area contributed by atoms with Gasteiger partial charge in [0.2, 0.25) is 0 Å². The summed E-state index contributed by atoms with van der Waals surface area (Å²) < 4.78 is 14.6. The maximum absolute atomic E-state index is 13.0. The molecule has 130 valence electrons. The molecule has 2 aromatic rings. The maximum Gasteiger partial charge on any atom is 0.320 e. The van der Waals surface area contributed by atoms with Gasteiger partial charge in [-0.3, -0.25) is 5.32 Å². The lowest BCUT2D eigenvalue weighted by atomic mass is 9.98. The zero-order valence-corrected chi connectivity index (χ0v) is 14.1. The molecule has 0 saturated heterocycles. The molecular formula is C17H23FN4O2. The highest BCUT2D eigenvalue weighted by Gasteiger charge is 2.22. The summed E-state index contributed by atoms with van der Waals surface area (Å²) >= 11 is 0. The number of aliphatic hydroxyl groups is 1. The molecule has 0 bridgehead atoms. The van der Waals surface area contributed by atoms with Crippen molar-refractivity contribution < 1.29 is 14.3 Å². The van der Waals surface area contributed by atoms with Crippen LogP contribution in [0, 0.1) is 12.7 Å². The average molecular weight is 334 g/mol. The van der Waals surface area contributed by atoms with E-state index in [1.165, 1.54) is 12.1 Å². The molecule has 3 N–H and O–H groups in total. The van der Waals surface area contributed by atoms with Crippen LogP contribution < -0.4 is 10.6 Å². The number of hydrogen-bond acceptors (Lipinski definition) is 3. The van der Waals surface area contributed by atoms with Gasteiger partial charge in [-0.1, -0.05) is 13.8 Å². The Kier molecular flexibility index (Phi) is 5.56. The van der Waals surface area contributed by atoms with Gasteiger partial charge < -0.3 is 10.4 Å². The first-order valence-corrected chi connectivity index (χ1v) is 7.96. The molecule has 1 aromatic heterocycles. The Balaban J connectivity index is 2.02. The second kappa shape index (κ2) is 7.44. The fourth-order valence-electron chi connectivity index (χ4n) is 2.28. The van der Waals surface area contributed by atoms with Gasteiger partial charge in [-0.2, -0.15) is 0 Å². The molecule has 0 aliphatic rings. The van der Waals surface area contributed by atoms with Crippen LogP contribution in [0.15, 0.2) is 30.3 Å². The summed E-state index contributed by atoms with van der Waals surface area (Å²) in [6, 6.07) is 7.22. The van der Waals surface area contributed by atoms with E-state index in [1.54, 1.807) is 22.9 Å². The molecular weight excluding hydrogens is 311 g/mol. The average Bonchev–Trinajstić information content (AvgIpc) is 2.93. The van der Waals surface area contributed by atoms with Gasteiger partial charge in [0, 0.05) is 18.3 Å². The van der Waals surface area contributed by atoms with Gasteiger partial charge >= 0.3 is 6.03 Å². The lowest BCUT2D eigenvalue weighted by molar-refractivity contribution is 0.0354. The van der Waals surface area contributed by atoms with E-state index in [0.29, 0.717) is 24.3 Å². The van der Waals surface area contributed by atoms with Gasteiger partial charge in [0.15, 0.2) is 5.82 Å². The van der Waals surface area contributed by atoms with E-state index in [2.05, 4.69) is 15.7 Å². The van der Waals surface area contributed by atoms with Gasteiger partial charge in [0.1, 0.15) is 5.82 Å². The normalized spacial score (nSPS) is 11.4. The van der Waals surface area contributed by atoms with Crippen molar-refractivity contribution in [1.29, 1.82) is 0 Å². The van der Waals surface area contributed by atoms with Gasteiger partial charge in [0.25, 0.3) is 0 Å². The maximum atomic E-state index is 13.0. The predicted octanol–water partition coefficient (Wildman–Crippen LogP) is 2.99. The first kappa shape index (κ1) is 17.9. The van der Waals surface area contributed by atoms with Crippen LogP contribution in [0.2, 0.25) is 0 Å². The number of nitrogens with zero attached hydrogens (tertiary/aromatic N) is 2. The summed E-state index contributed by atoms with van der Waals surface area (Å²) in [5, 5.41) is 19.8. The minimum Gasteiger partial charge on any atom is -0.388 e. The van der Waals surface area contributed by atoms with Crippen LogP contribution in [0.25, 0.3) is 5.69 Å². The quantitative estimate of drug-likeness (QED) is 0.760. The van der Waals surface area contributed by atoms with Crippen molar-refractivity contribution in [3.8, 4) is 5.69 Å². The third-order valence-electron chi connectivity index (χ3n) is 4.09. The molecule has 0 unspecified atom stereocenters. The van der Waals surface area contributed by atoms with Crippen molar-refractivity contribution in [2.45, 2.75) is 39.2 Å². The number of urea groups is 1. The largest absolute Gasteiger partial charge is 0.388 e. The lowest BCUT2D eigenvalue weighted by Gasteiger charge is -2.25. The molecule has 0 radical (unpaired) electrons. The minimum absolute atomic E-state index is 0.170. The van der Waals surface area contributed by atoms with Crippen LogP contribution in [-0.4, -0.2) is 33.1 Å². The molecule has 0 aliphatic heterocycles. The zero-order valence-electron chi connectivity index (χ0n) is 14.1. The molecule has 7 heteroatoms. The van der Waals surface area contributed by atoms with Gasteiger partial charge in [-0.15, -0.1) is 5.10 Å². The van der Waals surface area contributed by atoms with Crippen LogP contribution in [0.1, 0.15) is 32.4 Å². The van der Waals surface area contributed by atoms with Crippen LogP contribution in [0.4, 0.5) is 15.0 Å². The predicted molar refractivity (Wildman–Crippen MR) is 90.8 cm³/mol. The van der Waals surface area contributed by atoms with E-state index >= 15 is 0 Å². The molecule has 0 saturated carbocycles. The molecule has 1 aromatic carbocycles. The highest BCUT2D eigenvalue weighted by atomic mass is 19.1. The van der Waals surface area contributed by atoms with Gasteiger partial charge in [-0.25, -0.2) is 13.9 Å². The Bertz CT molecular complexity index is 693. The number of amides is 2. The molecule has 2 rings (SSSR count). The van der Waals surface area contributed by atoms with E-state index < -0.39 is 11.6 Å². The first-order chi connectivity index (χ1) is 11.4. The fraction of sp³-hybridized carbons (Fsp3) is 0.412. The van der Waals surface area contributed by atoms with E-state index in [9.17, 15) is 14.3 Å². The first-order valence-electron chi connectivity index (χ1n) is 7.96. The highest BCUT2D eigenvalue weighted by Crippen LogP contribution is 2.16.